The first-order valence-corrected chi connectivity index (χ1v) is 15.1. The largest absolute Gasteiger partial charge is 0.461 e. The molecular weight excluding hydrogens is 518 g/mol. The average Bonchev–Trinajstić information content (AvgIpc) is 3.69. The number of imidazole rings is 1. The van der Waals surface area contributed by atoms with Crippen LogP contribution in [-0.4, -0.2) is 56.5 Å². The van der Waals surface area contributed by atoms with Gasteiger partial charge in [0.1, 0.15) is 18.0 Å². The van der Waals surface area contributed by atoms with Gasteiger partial charge in [-0.3, -0.25) is 14.4 Å². The molecular formula is C32H43N5O4. The molecule has 2 atom stereocenters. The van der Waals surface area contributed by atoms with E-state index in [1.165, 1.54) is 0 Å². The van der Waals surface area contributed by atoms with Crippen molar-refractivity contribution in [1.82, 2.24) is 24.8 Å². The number of ether oxygens (including phenoxy) is 1. The van der Waals surface area contributed by atoms with E-state index in [-0.39, 0.29) is 29.6 Å². The third-order valence-corrected chi connectivity index (χ3v) is 8.46. The molecule has 2 N–H and O–H groups in total. The summed E-state index contributed by atoms with van der Waals surface area (Å²) in [6.45, 7) is 10.4. The van der Waals surface area contributed by atoms with Gasteiger partial charge in [0.25, 0.3) is 5.56 Å². The fourth-order valence-corrected chi connectivity index (χ4v) is 6.17. The van der Waals surface area contributed by atoms with Crippen molar-refractivity contribution in [3.05, 3.63) is 51.9 Å². The molecule has 2 aliphatic rings. The van der Waals surface area contributed by atoms with Crippen LogP contribution in [0.1, 0.15) is 70.4 Å². The number of nitrogens with one attached hydrogen (secondary N) is 2. The Morgan fingerprint density at radius 2 is 1.95 bits per heavy atom. The molecule has 9 heteroatoms. The number of H-pyrrole nitrogens is 1. The van der Waals surface area contributed by atoms with Gasteiger partial charge >= 0.3 is 5.97 Å². The molecule has 0 radical (unpaired) electrons. The number of hydrogen-bond donors (Lipinski definition) is 2. The van der Waals surface area contributed by atoms with E-state index < -0.39 is 0 Å². The highest BCUT2D eigenvalue weighted by molar-refractivity contribution is 5.81. The number of fused-ring (bicyclic) bond motifs is 1. The van der Waals surface area contributed by atoms with Crippen LogP contribution in [-0.2, 0) is 27.4 Å². The van der Waals surface area contributed by atoms with Crippen LogP contribution < -0.4 is 10.9 Å². The van der Waals surface area contributed by atoms with Gasteiger partial charge in [-0.15, -0.1) is 0 Å². The van der Waals surface area contributed by atoms with E-state index in [2.05, 4.69) is 46.9 Å². The lowest BCUT2D eigenvalue weighted by molar-refractivity contribution is -0.151. The summed E-state index contributed by atoms with van der Waals surface area (Å²) < 4.78 is 8.05. The number of pyridine rings is 1. The van der Waals surface area contributed by atoms with E-state index in [1.807, 2.05) is 11.0 Å². The van der Waals surface area contributed by atoms with Crippen molar-refractivity contribution in [3.8, 4) is 11.4 Å². The molecule has 1 aromatic carbocycles. The molecule has 2 aromatic heterocycles. The van der Waals surface area contributed by atoms with Gasteiger partial charge in [0.15, 0.2) is 0 Å². The summed E-state index contributed by atoms with van der Waals surface area (Å²) in [4.78, 5) is 46.8. The summed E-state index contributed by atoms with van der Waals surface area (Å²) in [6, 6.07) is 7.78. The molecule has 1 amide bonds. The molecule has 9 nitrogen and oxygen atoms in total. The Balaban J connectivity index is 1.39. The van der Waals surface area contributed by atoms with E-state index in [4.69, 9.17) is 9.72 Å². The number of aromatic amines is 1. The number of amides is 1. The maximum absolute atomic E-state index is 13.0. The minimum Gasteiger partial charge on any atom is -0.461 e. The zero-order valence-electron chi connectivity index (χ0n) is 24.7. The Hall–Kier alpha value is -3.46. The van der Waals surface area contributed by atoms with Gasteiger partial charge < -0.3 is 24.5 Å². The van der Waals surface area contributed by atoms with Gasteiger partial charge in [0.05, 0.1) is 11.0 Å². The second-order valence-corrected chi connectivity index (χ2v) is 12.3. The van der Waals surface area contributed by atoms with Crippen molar-refractivity contribution in [2.24, 2.45) is 11.8 Å². The SMILES string of the molecule is CC(=O)N1CCC(Cn2c(-c3c[nH]c(=O)c(C)c3)nc3cc(CN[C@@H](CC(C)C)C(=O)OC4CCCC4)ccc32)C1. The molecule has 1 aliphatic heterocycles. The number of esters is 1. The summed E-state index contributed by atoms with van der Waals surface area (Å²) >= 11 is 0. The molecule has 1 aliphatic carbocycles. The number of hydrogen-bond acceptors (Lipinski definition) is 6. The molecule has 0 spiro atoms. The number of aryl methyl sites for hydroxylation is 1. The monoisotopic (exact) mass is 561 g/mol. The quantitative estimate of drug-likeness (QED) is 0.351. The predicted octanol–water partition coefficient (Wildman–Crippen LogP) is 4.56. The van der Waals surface area contributed by atoms with Gasteiger partial charge in [0, 0.05) is 50.4 Å². The molecule has 3 aromatic rings. The van der Waals surface area contributed by atoms with Crippen LogP contribution in [0.5, 0.6) is 0 Å². The van der Waals surface area contributed by atoms with Crippen LogP contribution in [0.25, 0.3) is 22.4 Å². The van der Waals surface area contributed by atoms with Crippen LogP contribution in [0.15, 0.2) is 35.3 Å². The van der Waals surface area contributed by atoms with Crippen molar-refractivity contribution >= 4 is 22.9 Å². The molecule has 220 valence electrons. The first kappa shape index (κ1) is 29.0. The highest BCUT2D eigenvalue weighted by atomic mass is 16.5. The number of nitrogens with zero attached hydrogens (tertiary/aromatic N) is 3. The first-order valence-electron chi connectivity index (χ1n) is 15.1. The van der Waals surface area contributed by atoms with Gasteiger partial charge in [-0.1, -0.05) is 19.9 Å². The number of carbonyl (C=O) groups is 2. The van der Waals surface area contributed by atoms with Gasteiger partial charge in [-0.2, -0.15) is 0 Å². The number of carbonyl (C=O) groups excluding carboxylic acids is 2. The van der Waals surface area contributed by atoms with Crippen molar-refractivity contribution in [2.45, 2.75) is 91.5 Å². The number of rotatable bonds is 10. The van der Waals surface area contributed by atoms with Gasteiger partial charge in [-0.05, 0) is 81.0 Å². The minimum absolute atomic E-state index is 0.0525. The van der Waals surface area contributed by atoms with E-state index in [1.54, 1.807) is 20.0 Å². The van der Waals surface area contributed by atoms with E-state index in [9.17, 15) is 14.4 Å². The van der Waals surface area contributed by atoms with Crippen LogP contribution in [0.3, 0.4) is 0 Å². The van der Waals surface area contributed by atoms with E-state index in [0.717, 1.165) is 86.1 Å². The molecule has 5 rings (SSSR count). The Bertz CT molecular complexity index is 1450. The van der Waals surface area contributed by atoms with Gasteiger partial charge in [0.2, 0.25) is 5.91 Å². The lowest BCUT2D eigenvalue weighted by Gasteiger charge is -2.22. The highest BCUT2D eigenvalue weighted by Gasteiger charge is 2.28. The number of likely N-dealkylation sites (tertiary alicyclic amines) is 1. The fraction of sp³-hybridized carbons (Fsp3) is 0.562. The second-order valence-electron chi connectivity index (χ2n) is 12.3. The standard InChI is InChI=1S/C32H43N5O4/c1-20(2)13-28(32(40)41-26-7-5-6-8-26)33-16-23-9-10-29-27(15-23)35-30(25-14-21(3)31(39)34-17-25)37(29)19-24-11-12-36(18-24)22(4)38/h9-10,14-15,17,20,24,26,28,33H,5-8,11-13,16,18-19H2,1-4H3,(H,34,39)/t24?,28-/m0/s1. The Morgan fingerprint density at radius 1 is 1.17 bits per heavy atom. The Morgan fingerprint density at radius 3 is 2.63 bits per heavy atom. The molecule has 1 saturated carbocycles. The molecule has 0 bridgehead atoms. The lowest BCUT2D eigenvalue weighted by atomic mass is 10.0. The molecule has 1 unspecified atom stereocenters. The summed E-state index contributed by atoms with van der Waals surface area (Å²) in [6.07, 6.45) is 7.62. The van der Waals surface area contributed by atoms with E-state index in [0.29, 0.717) is 23.9 Å². The predicted molar refractivity (Wildman–Crippen MR) is 159 cm³/mol. The van der Waals surface area contributed by atoms with Crippen molar-refractivity contribution in [1.29, 1.82) is 0 Å². The second kappa shape index (κ2) is 12.6. The summed E-state index contributed by atoms with van der Waals surface area (Å²) in [7, 11) is 0. The summed E-state index contributed by atoms with van der Waals surface area (Å²) in [5.41, 5.74) is 4.28. The smallest absolute Gasteiger partial charge is 0.323 e. The number of aromatic nitrogens is 3. The molecule has 1 saturated heterocycles. The Kier molecular flexibility index (Phi) is 8.92. The van der Waals surface area contributed by atoms with Gasteiger partial charge in [-0.25, -0.2) is 4.98 Å². The Labute approximate surface area is 241 Å². The molecule has 3 heterocycles. The van der Waals surface area contributed by atoms with Crippen molar-refractivity contribution in [3.63, 3.8) is 0 Å². The maximum Gasteiger partial charge on any atom is 0.323 e. The average molecular weight is 562 g/mol. The summed E-state index contributed by atoms with van der Waals surface area (Å²) in [5, 5.41) is 3.46. The first-order chi connectivity index (χ1) is 19.7. The minimum atomic E-state index is -0.352. The van der Waals surface area contributed by atoms with Crippen LogP contribution in [0.4, 0.5) is 0 Å². The topological polar surface area (TPSA) is 109 Å². The third-order valence-electron chi connectivity index (χ3n) is 8.46. The fourth-order valence-electron chi connectivity index (χ4n) is 6.17. The zero-order valence-corrected chi connectivity index (χ0v) is 24.7. The summed E-state index contributed by atoms with van der Waals surface area (Å²) in [5.74, 6) is 1.44. The normalized spacial score (nSPS) is 18.5. The molecule has 2 fully saturated rings. The molecule has 41 heavy (non-hydrogen) atoms. The zero-order chi connectivity index (χ0) is 29.1. The van der Waals surface area contributed by atoms with Crippen LogP contribution in [0.2, 0.25) is 0 Å². The van der Waals surface area contributed by atoms with Crippen LogP contribution in [0, 0.1) is 18.8 Å². The highest BCUT2D eigenvalue weighted by Crippen LogP contribution is 2.29. The van der Waals surface area contributed by atoms with E-state index >= 15 is 0 Å². The third kappa shape index (κ3) is 6.89. The van der Waals surface area contributed by atoms with Crippen molar-refractivity contribution in [2.75, 3.05) is 13.1 Å². The van der Waals surface area contributed by atoms with Crippen LogP contribution >= 0.6 is 0 Å². The lowest BCUT2D eigenvalue weighted by Crippen LogP contribution is -2.40. The van der Waals surface area contributed by atoms with Crippen molar-refractivity contribution < 1.29 is 14.3 Å². The number of benzene rings is 1. The maximum atomic E-state index is 13.0.